The molecule has 4 nitrogen and oxygen atoms in total. The van der Waals surface area contributed by atoms with Crippen molar-refractivity contribution in [3.63, 3.8) is 0 Å². The van der Waals surface area contributed by atoms with Gasteiger partial charge in [-0.25, -0.2) is 0 Å². The minimum Gasteiger partial charge on any atom is -0.396 e. The number of aliphatic hydroxyl groups is 1. The molecule has 3 N–H and O–H groups in total. The molecular formula is C10H20N2O2. The van der Waals surface area contributed by atoms with Gasteiger partial charge in [-0.1, -0.05) is 0 Å². The van der Waals surface area contributed by atoms with E-state index in [0.29, 0.717) is 5.92 Å². The molecule has 0 aromatic heterocycles. The Balaban J connectivity index is 2.46. The summed E-state index contributed by atoms with van der Waals surface area (Å²) in [4.78, 5) is 13.6. The molecule has 1 heterocycles. The van der Waals surface area contributed by atoms with Gasteiger partial charge in [0.15, 0.2) is 0 Å². The van der Waals surface area contributed by atoms with Crippen molar-refractivity contribution in [2.45, 2.75) is 32.2 Å². The lowest BCUT2D eigenvalue weighted by Gasteiger charge is -2.35. The number of rotatable bonds is 2. The van der Waals surface area contributed by atoms with Gasteiger partial charge in [0.1, 0.15) is 0 Å². The Bertz CT molecular complexity index is 203. The Kier molecular flexibility index (Phi) is 3.50. The predicted molar refractivity (Wildman–Crippen MR) is 54.7 cm³/mol. The maximum absolute atomic E-state index is 11.8. The van der Waals surface area contributed by atoms with E-state index in [0.717, 1.165) is 25.9 Å². The van der Waals surface area contributed by atoms with Crippen LogP contribution >= 0.6 is 0 Å². The fourth-order valence-corrected chi connectivity index (χ4v) is 1.73. The zero-order valence-electron chi connectivity index (χ0n) is 8.99. The Hall–Kier alpha value is -0.610. The van der Waals surface area contributed by atoms with Gasteiger partial charge in [-0.05, 0) is 32.6 Å². The number of nitrogens with zero attached hydrogens (tertiary/aromatic N) is 1. The fraction of sp³-hybridized carbons (Fsp3) is 0.900. The Morgan fingerprint density at radius 1 is 1.50 bits per heavy atom. The Labute approximate surface area is 85.1 Å². The van der Waals surface area contributed by atoms with E-state index in [9.17, 15) is 4.79 Å². The summed E-state index contributed by atoms with van der Waals surface area (Å²) < 4.78 is 0. The SMILES string of the molecule is CC(C)(N)C(=O)N1CCC(CO)CC1. The van der Waals surface area contributed by atoms with Gasteiger partial charge in [0.25, 0.3) is 0 Å². The van der Waals surface area contributed by atoms with Gasteiger partial charge < -0.3 is 15.7 Å². The average molecular weight is 200 g/mol. The first-order chi connectivity index (χ1) is 6.45. The molecule has 0 aliphatic carbocycles. The van der Waals surface area contributed by atoms with Crippen LogP contribution in [0.3, 0.4) is 0 Å². The first-order valence-electron chi connectivity index (χ1n) is 5.14. The van der Waals surface area contributed by atoms with E-state index in [2.05, 4.69) is 0 Å². The average Bonchev–Trinajstić information content (AvgIpc) is 2.15. The largest absolute Gasteiger partial charge is 0.396 e. The van der Waals surface area contributed by atoms with Crippen LogP contribution in [0.25, 0.3) is 0 Å². The van der Waals surface area contributed by atoms with Gasteiger partial charge in [0, 0.05) is 19.7 Å². The third-order valence-corrected chi connectivity index (χ3v) is 2.71. The highest BCUT2D eigenvalue weighted by Crippen LogP contribution is 2.18. The van der Waals surface area contributed by atoms with Crippen LogP contribution < -0.4 is 5.73 Å². The van der Waals surface area contributed by atoms with Crippen LogP contribution in [-0.2, 0) is 4.79 Å². The summed E-state index contributed by atoms with van der Waals surface area (Å²) in [5.41, 5.74) is 4.96. The number of carbonyl (C=O) groups is 1. The van der Waals surface area contributed by atoms with Gasteiger partial charge in [-0.15, -0.1) is 0 Å². The van der Waals surface area contributed by atoms with Crippen molar-refractivity contribution >= 4 is 5.91 Å². The smallest absolute Gasteiger partial charge is 0.242 e. The van der Waals surface area contributed by atoms with Crippen LogP contribution in [0.15, 0.2) is 0 Å². The zero-order valence-corrected chi connectivity index (χ0v) is 8.99. The summed E-state index contributed by atoms with van der Waals surface area (Å²) in [6, 6.07) is 0. The maximum Gasteiger partial charge on any atom is 0.242 e. The highest BCUT2D eigenvalue weighted by atomic mass is 16.3. The molecule has 0 unspecified atom stereocenters. The van der Waals surface area contributed by atoms with Gasteiger partial charge in [0.05, 0.1) is 5.54 Å². The first-order valence-corrected chi connectivity index (χ1v) is 5.14. The molecular weight excluding hydrogens is 180 g/mol. The molecule has 1 rings (SSSR count). The number of hydrogen-bond acceptors (Lipinski definition) is 3. The topological polar surface area (TPSA) is 66.6 Å². The number of aliphatic hydroxyl groups excluding tert-OH is 1. The van der Waals surface area contributed by atoms with Crippen molar-refractivity contribution in [2.24, 2.45) is 11.7 Å². The number of likely N-dealkylation sites (tertiary alicyclic amines) is 1. The monoisotopic (exact) mass is 200 g/mol. The predicted octanol–water partition coefficient (Wildman–Crippen LogP) is -0.0454. The van der Waals surface area contributed by atoms with E-state index in [1.165, 1.54) is 0 Å². The number of piperidine rings is 1. The molecule has 14 heavy (non-hydrogen) atoms. The summed E-state index contributed by atoms with van der Waals surface area (Å²) in [5, 5.41) is 8.95. The highest BCUT2D eigenvalue weighted by Gasteiger charge is 2.30. The quantitative estimate of drug-likeness (QED) is 0.657. The van der Waals surface area contributed by atoms with Crippen molar-refractivity contribution in [3.8, 4) is 0 Å². The van der Waals surface area contributed by atoms with Crippen LogP contribution in [0, 0.1) is 5.92 Å². The zero-order chi connectivity index (χ0) is 10.8. The number of carbonyl (C=O) groups excluding carboxylic acids is 1. The second kappa shape index (κ2) is 4.28. The fourth-order valence-electron chi connectivity index (χ4n) is 1.73. The van der Waals surface area contributed by atoms with E-state index in [-0.39, 0.29) is 12.5 Å². The molecule has 82 valence electrons. The number of hydrogen-bond donors (Lipinski definition) is 2. The molecule has 0 saturated carbocycles. The third-order valence-electron chi connectivity index (χ3n) is 2.71. The van der Waals surface area contributed by atoms with Gasteiger partial charge in [0.2, 0.25) is 5.91 Å². The van der Waals surface area contributed by atoms with Crippen molar-refractivity contribution in [1.82, 2.24) is 4.90 Å². The summed E-state index contributed by atoms with van der Waals surface area (Å²) in [7, 11) is 0. The van der Waals surface area contributed by atoms with Crippen molar-refractivity contribution < 1.29 is 9.90 Å². The van der Waals surface area contributed by atoms with E-state index in [4.69, 9.17) is 10.8 Å². The molecule has 0 radical (unpaired) electrons. The minimum absolute atomic E-state index is 0.00823. The van der Waals surface area contributed by atoms with Crippen molar-refractivity contribution in [1.29, 1.82) is 0 Å². The third kappa shape index (κ3) is 2.69. The highest BCUT2D eigenvalue weighted by molar-refractivity contribution is 5.85. The van der Waals surface area contributed by atoms with Crippen LogP contribution in [0.5, 0.6) is 0 Å². The van der Waals surface area contributed by atoms with E-state index in [1.54, 1.807) is 18.7 Å². The normalized spacial score (nSPS) is 19.9. The van der Waals surface area contributed by atoms with E-state index < -0.39 is 5.54 Å². The van der Waals surface area contributed by atoms with E-state index >= 15 is 0 Å². The Morgan fingerprint density at radius 2 is 2.00 bits per heavy atom. The maximum atomic E-state index is 11.8. The summed E-state index contributed by atoms with van der Waals surface area (Å²) in [6.07, 6.45) is 1.77. The second-order valence-electron chi connectivity index (χ2n) is 4.64. The molecule has 1 saturated heterocycles. The van der Waals surface area contributed by atoms with E-state index in [1.807, 2.05) is 0 Å². The molecule has 1 aliphatic heterocycles. The molecule has 0 atom stereocenters. The summed E-state index contributed by atoms with van der Waals surface area (Å²) >= 11 is 0. The summed E-state index contributed by atoms with van der Waals surface area (Å²) in [6.45, 7) is 5.14. The molecule has 0 aromatic carbocycles. The summed E-state index contributed by atoms with van der Waals surface area (Å²) in [5.74, 6) is 0.369. The minimum atomic E-state index is -0.772. The molecule has 1 fully saturated rings. The standard InChI is InChI=1S/C10H20N2O2/c1-10(2,11)9(14)12-5-3-8(7-13)4-6-12/h8,13H,3-7,11H2,1-2H3. The van der Waals surface area contributed by atoms with Gasteiger partial charge in [-0.2, -0.15) is 0 Å². The Morgan fingerprint density at radius 3 is 2.36 bits per heavy atom. The van der Waals surface area contributed by atoms with Crippen LogP contribution in [0.1, 0.15) is 26.7 Å². The molecule has 1 amide bonds. The molecule has 0 bridgehead atoms. The lowest BCUT2D eigenvalue weighted by atomic mass is 9.96. The van der Waals surface area contributed by atoms with Crippen molar-refractivity contribution in [2.75, 3.05) is 19.7 Å². The molecule has 1 aliphatic rings. The van der Waals surface area contributed by atoms with Crippen LogP contribution in [0.2, 0.25) is 0 Å². The number of nitrogens with two attached hydrogens (primary N) is 1. The van der Waals surface area contributed by atoms with Gasteiger partial charge >= 0.3 is 0 Å². The van der Waals surface area contributed by atoms with Crippen LogP contribution in [0.4, 0.5) is 0 Å². The number of amides is 1. The molecule has 0 aromatic rings. The van der Waals surface area contributed by atoms with Gasteiger partial charge in [-0.3, -0.25) is 4.79 Å². The first kappa shape index (κ1) is 11.5. The molecule has 0 spiro atoms. The second-order valence-corrected chi connectivity index (χ2v) is 4.64. The van der Waals surface area contributed by atoms with Crippen molar-refractivity contribution in [3.05, 3.63) is 0 Å². The lowest BCUT2D eigenvalue weighted by molar-refractivity contribution is -0.137. The van der Waals surface area contributed by atoms with Crippen LogP contribution in [-0.4, -0.2) is 41.1 Å². The molecule has 4 heteroatoms. The lowest BCUT2D eigenvalue weighted by Crippen LogP contribution is -2.53.